The second-order valence-corrected chi connectivity index (χ2v) is 6.91. The van der Waals surface area contributed by atoms with Crippen LogP contribution >= 0.6 is 0 Å². The average molecular weight is 341 g/mol. The number of rotatable bonds is 6. The van der Waals surface area contributed by atoms with Crippen LogP contribution in [0.15, 0.2) is 23.1 Å². The number of anilines is 1. The smallest absolute Gasteiger partial charge is 0.265 e. The maximum Gasteiger partial charge on any atom is 0.265 e. The summed E-state index contributed by atoms with van der Waals surface area (Å²) in [4.78, 5) is 22.3. The lowest BCUT2D eigenvalue weighted by Gasteiger charge is -2.23. The monoisotopic (exact) mass is 341 g/mol. The Labute approximate surface area is 134 Å². The molecule has 0 saturated heterocycles. The first-order chi connectivity index (χ1) is 10.8. The van der Waals surface area contributed by atoms with Crippen molar-refractivity contribution in [3.63, 3.8) is 0 Å². The Morgan fingerprint density at radius 2 is 2.09 bits per heavy atom. The molecule has 0 bridgehead atoms. The van der Waals surface area contributed by atoms with Crippen molar-refractivity contribution in [3.8, 4) is 5.75 Å². The molecule has 1 aliphatic heterocycles. The number of hydrogen-bond acceptors (Lipinski definition) is 5. The molecule has 1 aliphatic rings. The highest BCUT2D eigenvalue weighted by atomic mass is 32.2. The Bertz CT molecular complexity index is 717. The quantitative estimate of drug-likeness (QED) is 0.640. The number of benzene rings is 1. The van der Waals surface area contributed by atoms with E-state index < -0.39 is 16.1 Å². The van der Waals surface area contributed by atoms with Gasteiger partial charge in [-0.25, -0.2) is 13.1 Å². The first-order valence-corrected chi connectivity index (χ1v) is 8.63. The van der Waals surface area contributed by atoms with E-state index in [0.29, 0.717) is 24.4 Å². The van der Waals surface area contributed by atoms with Gasteiger partial charge in [0.15, 0.2) is 6.10 Å². The van der Waals surface area contributed by atoms with Crippen LogP contribution in [0, 0.1) is 0 Å². The van der Waals surface area contributed by atoms with Gasteiger partial charge in [0, 0.05) is 20.0 Å². The maximum atomic E-state index is 12.2. The molecule has 8 nitrogen and oxygen atoms in total. The second-order valence-electron chi connectivity index (χ2n) is 5.14. The molecular weight excluding hydrogens is 322 g/mol. The van der Waals surface area contributed by atoms with Crippen LogP contribution in [0.25, 0.3) is 0 Å². The highest BCUT2D eigenvalue weighted by molar-refractivity contribution is 7.89. The lowest BCUT2D eigenvalue weighted by atomic mass is 10.2. The Morgan fingerprint density at radius 3 is 2.78 bits per heavy atom. The van der Waals surface area contributed by atoms with Crippen molar-refractivity contribution in [3.05, 3.63) is 18.2 Å². The van der Waals surface area contributed by atoms with Crippen molar-refractivity contribution < 1.29 is 22.7 Å². The summed E-state index contributed by atoms with van der Waals surface area (Å²) in [7, 11) is -3.70. The van der Waals surface area contributed by atoms with Gasteiger partial charge in [-0.1, -0.05) is 0 Å². The van der Waals surface area contributed by atoms with Crippen LogP contribution in [-0.4, -0.2) is 39.4 Å². The molecule has 2 amide bonds. The summed E-state index contributed by atoms with van der Waals surface area (Å²) in [6, 6.07) is 4.28. The van der Waals surface area contributed by atoms with Crippen LogP contribution in [0.3, 0.4) is 0 Å². The minimum absolute atomic E-state index is 0.0363. The fraction of sp³-hybridized carbons (Fsp3) is 0.429. The van der Waals surface area contributed by atoms with E-state index in [4.69, 9.17) is 4.74 Å². The van der Waals surface area contributed by atoms with E-state index >= 15 is 0 Å². The number of hydrogen-bond donors (Lipinski definition) is 3. The molecule has 0 spiro atoms. The summed E-state index contributed by atoms with van der Waals surface area (Å²) in [5.74, 6) is -0.0514. The van der Waals surface area contributed by atoms with Crippen LogP contribution in [0.5, 0.6) is 5.75 Å². The zero-order valence-electron chi connectivity index (χ0n) is 12.9. The standard InChI is InChI=1S/C14H19N3O5S/c1-9-14(19)17-12-8-11(4-5-13(12)22-9)23(20,21)16-7-3-6-15-10(2)18/h4-5,8-9,16H,3,6-7H2,1-2H3,(H,15,18)(H,17,19). The maximum absolute atomic E-state index is 12.2. The van der Waals surface area contributed by atoms with Gasteiger partial charge in [-0.15, -0.1) is 0 Å². The molecule has 3 N–H and O–H groups in total. The number of amides is 2. The third-order valence-electron chi connectivity index (χ3n) is 3.21. The minimum atomic E-state index is -3.70. The normalized spacial score (nSPS) is 17.0. The topological polar surface area (TPSA) is 114 Å². The second kappa shape index (κ2) is 6.97. The lowest BCUT2D eigenvalue weighted by Crippen LogP contribution is -2.34. The number of nitrogens with one attached hydrogen (secondary N) is 3. The molecule has 0 aromatic heterocycles. The van der Waals surface area contributed by atoms with Crippen molar-refractivity contribution in [2.75, 3.05) is 18.4 Å². The van der Waals surface area contributed by atoms with Gasteiger partial charge in [0.1, 0.15) is 5.75 Å². The van der Waals surface area contributed by atoms with Gasteiger partial charge in [-0.2, -0.15) is 0 Å². The number of carbonyl (C=O) groups excluding carboxylic acids is 2. The summed E-state index contributed by atoms with van der Waals surface area (Å²) in [6.07, 6.45) is -0.141. The molecule has 9 heteroatoms. The van der Waals surface area contributed by atoms with Crippen LogP contribution in [0.2, 0.25) is 0 Å². The van der Waals surface area contributed by atoms with Gasteiger partial charge in [0.05, 0.1) is 10.6 Å². The largest absolute Gasteiger partial charge is 0.479 e. The summed E-state index contributed by atoms with van der Waals surface area (Å²) >= 11 is 0. The van der Waals surface area contributed by atoms with Crippen LogP contribution in [0.4, 0.5) is 5.69 Å². The van der Waals surface area contributed by atoms with E-state index in [1.807, 2.05) is 0 Å². The molecule has 1 aromatic rings. The Balaban J connectivity index is 2.02. The van der Waals surface area contributed by atoms with E-state index in [1.54, 1.807) is 6.92 Å². The van der Waals surface area contributed by atoms with Crippen molar-refractivity contribution >= 4 is 27.5 Å². The molecule has 0 fully saturated rings. The van der Waals surface area contributed by atoms with Crippen LogP contribution in [0.1, 0.15) is 20.3 Å². The first-order valence-electron chi connectivity index (χ1n) is 7.15. The van der Waals surface area contributed by atoms with Gasteiger partial charge in [0.25, 0.3) is 5.91 Å². The minimum Gasteiger partial charge on any atom is -0.479 e. The average Bonchev–Trinajstić information content (AvgIpc) is 2.47. The van der Waals surface area contributed by atoms with E-state index in [9.17, 15) is 18.0 Å². The van der Waals surface area contributed by atoms with E-state index in [-0.39, 0.29) is 23.3 Å². The highest BCUT2D eigenvalue weighted by Gasteiger charge is 2.25. The van der Waals surface area contributed by atoms with Crippen molar-refractivity contribution in [1.29, 1.82) is 0 Å². The van der Waals surface area contributed by atoms with E-state index in [1.165, 1.54) is 25.1 Å². The molecular formula is C14H19N3O5S. The predicted octanol–water partition coefficient (Wildman–Crippen LogP) is 0.211. The van der Waals surface area contributed by atoms with Crippen LogP contribution in [-0.2, 0) is 19.6 Å². The summed E-state index contributed by atoms with van der Waals surface area (Å²) in [5.41, 5.74) is 0.328. The van der Waals surface area contributed by atoms with Crippen LogP contribution < -0.4 is 20.1 Å². The van der Waals surface area contributed by atoms with E-state index in [0.717, 1.165) is 0 Å². The number of carbonyl (C=O) groups is 2. The van der Waals surface area contributed by atoms with Gasteiger partial charge >= 0.3 is 0 Å². The Morgan fingerprint density at radius 1 is 1.35 bits per heavy atom. The number of fused-ring (bicyclic) bond motifs is 1. The molecule has 1 aromatic carbocycles. The summed E-state index contributed by atoms with van der Waals surface area (Å²) < 4.78 is 32.2. The van der Waals surface area contributed by atoms with E-state index in [2.05, 4.69) is 15.4 Å². The molecule has 1 heterocycles. The van der Waals surface area contributed by atoms with Gasteiger partial charge < -0.3 is 15.4 Å². The summed E-state index contributed by atoms with van der Waals surface area (Å²) in [5, 5.41) is 5.19. The van der Waals surface area contributed by atoms with Gasteiger partial charge in [0.2, 0.25) is 15.9 Å². The Hall–Kier alpha value is -2.13. The molecule has 2 rings (SSSR count). The molecule has 1 atom stereocenters. The third kappa shape index (κ3) is 4.42. The van der Waals surface area contributed by atoms with Crippen molar-refractivity contribution in [2.45, 2.75) is 31.3 Å². The van der Waals surface area contributed by atoms with Crippen molar-refractivity contribution in [2.24, 2.45) is 0 Å². The fourth-order valence-electron chi connectivity index (χ4n) is 2.00. The van der Waals surface area contributed by atoms with Gasteiger partial charge in [-0.3, -0.25) is 9.59 Å². The summed E-state index contributed by atoms with van der Waals surface area (Å²) in [6.45, 7) is 3.59. The van der Waals surface area contributed by atoms with Gasteiger partial charge in [-0.05, 0) is 31.5 Å². The SMILES string of the molecule is CC(=O)NCCCNS(=O)(=O)c1ccc2c(c1)NC(=O)C(C)O2. The highest BCUT2D eigenvalue weighted by Crippen LogP contribution is 2.31. The zero-order chi connectivity index (χ0) is 17.0. The predicted molar refractivity (Wildman–Crippen MR) is 83.7 cm³/mol. The first kappa shape index (κ1) is 17.2. The number of sulfonamides is 1. The molecule has 0 saturated carbocycles. The number of ether oxygens (including phenoxy) is 1. The fourth-order valence-corrected chi connectivity index (χ4v) is 3.10. The molecule has 0 radical (unpaired) electrons. The molecule has 1 unspecified atom stereocenters. The molecule has 0 aliphatic carbocycles. The lowest BCUT2D eigenvalue weighted by molar-refractivity contribution is -0.122. The third-order valence-corrected chi connectivity index (χ3v) is 4.67. The Kier molecular flexibility index (Phi) is 5.22. The molecule has 126 valence electrons. The molecule has 23 heavy (non-hydrogen) atoms. The van der Waals surface area contributed by atoms with Crippen molar-refractivity contribution in [1.82, 2.24) is 10.0 Å². The zero-order valence-corrected chi connectivity index (χ0v) is 13.7.